The molecular formula is C11H18F2N2O2. The number of rotatable bonds is 1. The lowest BCUT2D eigenvalue weighted by atomic mass is 10.0. The molecule has 2 rings (SSSR count). The number of likely N-dealkylation sites (tertiary alicyclic amines) is 2. The van der Waals surface area contributed by atoms with Crippen molar-refractivity contribution in [2.75, 3.05) is 26.2 Å². The highest BCUT2D eigenvalue weighted by Crippen LogP contribution is 2.31. The minimum atomic E-state index is -2.54. The number of alkyl halides is 2. The van der Waals surface area contributed by atoms with Crippen LogP contribution in [0.5, 0.6) is 0 Å². The smallest absolute Gasteiger partial charge is 0.410 e. The van der Waals surface area contributed by atoms with Crippen molar-refractivity contribution < 1.29 is 18.3 Å². The van der Waals surface area contributed by atoms with Crippen molar-refractivity contribution in [3.8, 4) is 0 Å². The molecule has 0 atom stereocenters. The lowest BCUT2D eigenvalue weighted by Gasteiger charge is -2.51. The molecule has 0 radical (unpaired) electrons. The molecule has 0 saturated carbocycles. The van der Waals surface area contributed by atoms with Crippen LogP contribution in [0.4, 0.5) is 13.6 Å². The van der Waals surface area contributed by atoms with Gasteiger partial charge in [-0.25, -0.2) is 13.6 Å². The fraction of sp³-hybridized carbons (Fsp3) is 0.909. The lowest BCUT2D eigenvalue weighted by molar-refractivity contribution is -0.163. The van der Waals surface area contributed by atoms with Crippen LogP contribution in [-0.4, -0.2) is 59.6 Å². The summed E-state index contributed by atoms with van der Waals surface area (Å²) in [4.78, 5) is 14.8. The van der Waals surface area contributed by atoms with E-state index in [9.17, 15) is 13.6 Å². The average molecular weight is 248 g/mol. The number of halogens is 2. The van der Waals surface area contributed by atoms with Crippen molar-refractivity contribution in [3.63, 3.8) is 0 Å². The Balaban J connectivity index is 1.71. The van der Waals surface area contributed by atoms with Gasteiger partial charge in [-0.05, 0) is 20.8 Å². The SMILES string of the molecule is CC(C)(C)OC(=O)N1CC(N2CC(F)(F)C2)C1. The molecule has 17 heavy (non-hydrogen) atoms. The van der Waals surface area contributed by atoms with Crippen LogP contribution in [0.3, 0.4) is 0 Å². The molecule has 2 heterocycles. The normalized spacial score (nSPS) is 25.1. The molecule has 6 heteroatoms. The van der Waals surface area contributed by atoms with Gasteiger partial charge in [0.05, 0.1) is 13.1 Å². The van der Waals surface area contributed by atoms with Crippen LogP contribution < -0.4 is 0 Å². The summed E-state index contributed by atoms with van der Waals surface area (Å²) in [6.07, 6.45) is -0.360. The van der Waals surface area contributed by atoms with Gasteiger partial charge in [-0.3, -0.25) is 4.90 Å². The third-order valence-electron chi connectivity index (χ3n) is 2.90. The molecule has 0 aromatic rings. The van der Waals surface area contributed by atoms with E-state index in [0.717, 1.165) is 0 Å². The summed E-state index contributed by atoms with van der Waals surface area (Å²) in [5.74, 6) is -2.54. The highest BCUT2D eigenvalue weighted by molar-refractivity contribution is 5.69. The number of nitrogens with zero attached hydrogens (tertiary/aromatic N) is 2. The molecule has 0 unspecified atom stereocenters. The zero-order valence-corrected chi connectivity index (χ0v) is 10.4. The van der Waals surface area contributed by atoms with Gasteiger partial charge in [0.15, 0.2) is 0 Å². The number of hydrogen-bond donors (Lipinski definition) is 0. The van der Waals surface area contributed by atoms with E-state index in [2.05, 4.69) is 0 Å². The summed E-state index contributed by atoms with van der Waals surface area (Å²) >= 11 is 0. The predicted octanol–water partition coefficient (Wildman–Crippen LogP) is 1.56. The quantitative estimate of drug-likeness (QED) is 0.706. The molecule has 0 aliphatic carbocycles. The van der Waals surface area contributed by atoms with Crippen LogP contribution >= 0.6 is 0 Å². The highest BCUT2D eigenvalue weighted by Gasteiger charge is 2.50. The fourth-order valence-electron chi connectivity index (χ4n) is 1.97. The number of carbonyl (C=O) groups is 1. The third kappa shape index (κ3) is 2.86. The molecule has 98 valence electrons. The molecule has 2 saturated heterocycles. The average Bonchev–Trinajstić information content (AvgIpc) is 1.93. The van der Waals surface area contributed by atoms with Crippen LogP contribution in [0.1, 0.15) is 20.8 Å². The summed E-state index contributed by atoms with van der Waals surface area (Å²) in [6, 6.07) is 0.0714. The molecule has 0 N–H and O–H groups in total. The monoisotopic (exact) mass is 248 g/mol. The number of amides is 1. The maximum atomic E-state index is 12.6. The Morgan fingerprint density at radius 1 is 1.29 bits per heavy atom. The molecule has 0 aromatic carbocycles. The van der Waals surface area contributed by atoms with Gasteiger partial charge in [0.25, 0.3) is 5.92 Å². The Hall–Kier alpha value is -0.910. The van der Waals surface area contributed by atoms with Crippen molar-refractivity contribution in [1.29, 1.82) is 0 Å². The van der Waals surface area contributed by atoms with Gasteiger partial charge >= 0.3 is 6.09 Å². The topological polar surface area (TPSA) is 32.8 Å². The summed E-state index contributed by atoms with van der Waals surface area (Å²) in [5, 5.41) is 0. The van der Waals surface area contributed by atoms with Crippen molar-refractivity contribution in [1.82, 2.24) is 9.80 Å². The Morgan fingerprint density at radius 2 is 1.82 bits per heavy atom. The van der Waals surface area contributed by atoms with Crippen LogP contribution in [0, 0.1) is 0 Å². The molecule has 0 spiro atoms. The predicted molar refractivity (Wildman–Crippen MR) is 58.1 cm³/mol. The first-order valence-electron chi connectivity index (χ1n) is 5.76. The first-order valence-corrected chi connectivity index (χ1v) is 5.76. The molecule has 2 fully saturated rings. The standard InChI is InChI=1S/C11H18F2N2O2/c1-10(2,3)17-9(16)14-4-8(5-14)15-6-11(12,13)7-15/h8H,4-7H2,1-3H3. The Kier molecular flexibility index (Phi) is 2.80. The zero-order valence-electron chi connectivity index (χ0n) is 10.4. The van der Waals surface area contributed by atoms with Crippen LogP contribution in [0.25, 0.3) is 0 Å². The van der Waals surface area contributed by atoms with Crippen molar-refractivity contribution >= 4 is 6.09 Å². The summed E-state index contributed by atoms with van der Waals surface area (Å²) in [7, 11) is 0. The maximum absolute atomic E-state index is 12.6. The summed E-state index contributed by atoms with van der Waals surface area (Å²) in [5.41, 5.74) is -0.508. The van der Waals surface area contributed by atoms with Gasteiger partial charge in [0.1, 0.15) is 5.60 Å². The summed E-state index contributed by atoms with van der Waals surface area (Å²) in [6.45, 7) is 6.03. The zero-order chi connectivity index (χ0) is 12.8. The van der Waals surface area contributed by atoms with Crippen molar-refractivity contribution in [2.45, 2.75) is 38.3 Å². The Labute approximate surface area is 99.5 Å². The van der Waals surface area contributed by atoms with Crippen LogP contribution in [-0.2, 0) is 4.74 Å². The van der Waals surface area contributed by atoms with Crippen LogP contribution in [0.2, 0.25) is 0 Å². The second kappa shape index (κ2) is 3.80. The van der Waals surface area contributed by atoms with Gasteiger partial charge in [-0.1, -0.05) is 0 Å². The number of ether oxygens (including phenoxy) is 1. The van der Waals surface area contributed by atoms with E-state index in [1.807, 2.05) is 0 Å². The van der Waals surface area contributed by atoms with Crippen LogP contribution in [0.15, 0.2) is 0 Å². The van der Waals surface area contributed by atoms with Crippen molar-refractivity contribution in [2.24, 2.45) is 0 Å². The third-order valence-corrected chi connectivity index (χ3v) is 2.90. The van der Waals surface area contributed by atoms with Crippen molar-refractivity contribution in [3.05, 3.63) is 0 Å². The minimum Gasteiger partial charge on any atom is -0.444 e. The van der Waals surface area contributed by atoms with E-state index >= 15 is 0 Å². The molecular weight excluding hydrogens is 230 g/mol. The number of carbonyl (C=O) groups excluding carboxylic acids is 1. The Bertz CT molecular complexity index is 314. The Morgan fingerprint density at radius 3 is 2.24 bits per heavy atom. The molecule has 1 amide bonds. The first kappa shape index (κ1) is 12.5. The fourth-order valence-corrected chi connectivity index (χ4v) is 1.97. The largest absolute Gasteiger partial charge is 0.444 e. The maximum Gasteiger partial charge on any atom is 0.410 e. The summed E-state index contributed by atoms with van der Waals surface area (Å²) < 4.78 is 30.5. The van der Waals surface area contributed by atoms with E-state index in [4.69, 9.17) is 4.74 Å². The second-order valence-electron chi connectivity index (χ2n) is 5.80. The molecule has 0 aromatic heterocycles. The molecule has 2 aliphatic heterocycles. The van der Waals surface area contributed by atoms with E-state index in [-0.39, 0.29) is 25.2 Å². The van der Waals surface area contributed by atoms with Gasteiger partial charge in [0.2, 0.25) is 0 Å². The van der Waals surface area contributed by atoms with E-state index in [1.165, 1.54) is 0 Å². The molecule has 0 bridgehead atoms. The van der Waals surface area contributed by atoms with Gasteiger partial charge in [0, 0.05) is 19.1 Å². The van der Waals surface area contributed by atoms with Gasteiger partial charge in [-0.15, -0.1) is 0 Å². The van der Waals surface area contributed by atoms with E-state index in [0.29, 0.717) is 13.1 Å². The molecule has 2 aliphatic rings. The first-order chi connectivity index (χ1) is 7.66. The molecule has 4 nitrogen and oxygen atoms in total. The number of hydrogen-bond acceptors (Lipinski definition) is 3. The second-order valence-corrected chi connectivity index (χ2v) is 5.80. The van der Waals surface area contributed by atoms with E-state index in [1.54, 1.807) is 30.6 Å². The minimum absolute atomic E-state index is 0.0714. The van der Waals surface area contributed by atoms with Gasteiger partial charge < -0.3 is 9.64 Å². The van der Waals surface area contributed by atoms with Gasteiger partial charge in [-0.2, -0.15) is 0 Å². The van der Waals surface area contributed by atoms with E-state index < -0.39 is 11.5 Å². The lowest BCUT2D eigenvalue weighted by Crippen LogP contribution is -2.69. The highest BCUT2D eigenvalue weighted by atomic mass is 19.3.